The van der Waals surface area contributed by atoms with Crippen LogP contribution in [-0.4, -0.2) is 45.6 Å². The van der Waals surface area contributed by atoms with Crippen molar-refractivity contribution in [2.75, 3.05) is 24.5 Å². The van der Waals surface area contributed by atoms with Gasteiger partial charge >= 0.3 is 0 Å². The van der Waals surface area contributed by atoms with Gasteiger partial charge in [-0.3, -0.25) is 9.36 Å². The topological polar surface area (TPSA) is 63.1 Å². The van der Waals surface area contributed by atoms with E-state index in [1.807, 2.05) is 0 Å². The van der Waals surface area contributed by atoms with E-state index in [0.717, 1.165) is 50.0 Å². The fourth-order valence-corrected chi connectivity index (χ4v) is 4.45. The molecule has 1 atom stereocenters. The highest BCUT2D eigenvalue weighted by Gasteiger charge is 2.34. The molecule has 0 spiro atoms. The van der Waals surface area contributed by atoms with Crippen molar-refractivity contribution in [3.05, 3.63) is 0 Å². The van der Waals surface area contributed by atoms with Crippen LogP contribution in [0.2, 0.25) is 0 Å². The number of nitrogens with one attached hydrogen (secondary N) is 1. The number of aromatic nitrogens is 3. The van der Waals surface area contributed by atoms with E-state index in [2.05, 4.69) is 25.0 Å². The molecule has 4 rings (SSSR count). The van der Waals surface area contributed by atoms with Gasteiger partial charge in [0, 0.05) is 25.7 Å². The summed E-state index contributed by atoms with van der Waals surface area (Å²) in [4.78, 5) is 14.5. The molecule has 1 aromatic rings. The highest BCUT2D eigenvalue weighted by atomic mass is 32.2. The second-order valence-corrected chi connectivity index (χ2v) is 7.64. The molecule has 1 N–H and O–H groups in total. The number of hydrogen-bond donors (Lipinski definition) is 1. The molecule has 2 saturated heterocycles. The van der Waals surface area contributed by atoms with Crippen molar-refractivity contribution < 1.29 is 4.79 Å². The van der Waals surface area contributed by atoms with Crippen molar-refractivity contribution >= 4 is 23.6 Å². The van der Waals surface area contributed by atoms with Gasteiger partial charge in [-0.15, -0.1) is 10.2 Å². The van der Waals surface area contributed by atoms with Crippen LogP contribution < -0.4 is 10.2 Å². The number of anilines is 1. The van der Waals surface area contributed by atoms with Gasteiger partial charge in [0.05, 0.1) is 5.25 Å². The third-order valence-electron chi connectivity index (χ3n) is 4.68. The number of carbonyl (C=O) groups is 1. The smallest absolute Gasteiger partial charge is 0.233 e. The Kier molecular flexibility index (Phi) is 3.98. The molecule has 7 heteroatoms. The molecule has 3 heterocycles. The normalized spacial score (nSPS) is 26.1. The summed E-state index contributed by atoms with van der Waals surface area (Å²) in [5, 5.41) is 12.8. The molecule has 2 aliphatic heterocycles. The Labute approximate surface area is 135 Å². The van der Waals surface area contributed by atoms with Crippen LogP contribution in [0.1, 0.15) is 51.0 Å². The first-order chi connectivity index (χ1) is 10.8. The monoisotopic (exact) mass is 321 g/mol. The molecule has 120 valence electrons. The van der Waals surface area contributed by atoms with Gasteiger partial charge in [0.2, 0.25) is 11.9 Å². The number of thioether (sulfide) groups is 1. The quantitative estimate of drug-likeness (QED) is 0.918. The maximum Gasteiger partial charge on any atom is 0.233 e. The lowest BCUT2D eigenvalue weighted by Crippen LogP contribution is -2.31. The summed E-state index contributed by atoms with van der Waals surface area (Å²) < 4.78 is 2.30. The molecule has 3 fully saturated rings. The standard InChI is InChI=1S/C15H23N5OS/c21-13-12(5-1-2-8-16-13)22-15-18-17-14(19-9-3-4-10-19)20(15)11-6-7-11/h11-12H,1-10H2,(H,16,21)/t12-/m0/s1. The Morgan fingerprint density at radius 3 is 2.64 bits per heavy atom. The number of hydrogen-bond acceptors (Lipinski definition) is 5. The minimum absolute atomic E-state index is 0.0179. The van der Waals surface area contributed by atoms with Gasteiger partial charge in [-0.2, -0.15) is 0 Å². The van der Waals surface area contributed by atoms with Gasteiger partial charge in [0.15, 0.2) is 5.16 Å². The third kappa shape index (κ3) is 2.83. The van der Waals surface area contributed by atoms with E-state index in [-0.39, 0.29) is 11.2 Å². The first-order valence-corrected chi connectivity index (χ1v) is 9.35. The number of amides is 1. The van der Waals surface area contributed by atoms with Gasteiger partial charge in [-0.1, -0.05) is 18.2 Å². The molecule has 6 nitrogen and oxygen atoms in total. The van der Waals surface area contributed by atoms with Crippen molar-refractivity contribution in [1.29, 1.82) is 0 Å². The van der Waals surface area contributed by atoms with E-state index >= 15 is 0 Å². The second kappa shape index (κ2) is 6.10. The van der Waals surface area contributed by atoms with E-state index < -0.39 is 0 Å². The van der Waals surface area contributed by atoms with Gasteiger partial charge < -0.3 is 10.2 Å². The first kappa shape index (κ1) is 14.4. The van der Waals surface area contributed by atoms with Crippen LogP contribution in [0.5, 0.6) is 0 Å². The average Bonchev–Trinajstić information content (AvgIpc) is 3.10. The molecule has 22 heavy (non-hydrogen) atoms. The lowest BCUT2D eigenvalue weighted by molar-refractivity contribution is -0.120. The first-order valence-electron chi connectivity index (χ1n) is 8.47. The molecule has 1 aromatic heterocycles. The lowest BCUT2D eigenvalue weighted by Gasteiger charge is -2.19. The Bertz CT molecular complexity index is 550. The van der Waals surface area contributed by atoms with E-state index in [0.29, 0.717) is 6.04 Å². The number of carbonyl (C=O) groups excluding carboxylic acids is 1. The van der Waals surface area contributed by atoms with Crippen molar-refractivity contribution in [3.63, 3.8) is 0 Å². The molecule has 1 aliphatic carbocycles. The highest BCUT2D eigenvalue weighted by Crippen LogP contribution is 2.42. The fraction of sp³-hybridized carbons (Fsp3) is 0.800. The minimum atomic E-state index is -0.0179. The van der Waals surface area contributed by atoms with E-state index in [9.17, 15) is 4.79 Å². The van der Waals surface area contributed by atoms with Crippen LogP contribution in [0.4, 0.5) is 5.95 Å². The van der Waals surface area contributed by atoms with Crippen LogP contribution >= 0.6 is 11.8 Å². The number of rotatable bonds is 4. The zero-order valence-corrected chi connectivity index (χ0v) is 13.6. The summed E-state index contributed by atoms with van der Waals surface area (Å²) in [5.74, 6) is 1.19. The lowest BCUT2D eigenvalue weighted by atomic mass is 10.2. The van der Waals surface area contributed by atoms with Crippen LogP contribution in [0.15, 0.2) is 5.16 Å². The zero-order chi connectivity index (χ0) is 14.9. The van der Waals surface area contributed by atoms with E-state index in [1.54, 1.807) is 11.8 Å². The predicted octanol–water partition coefficient (Wildman–Crippen LogP) is 1.97. The maximum atomic E-state index is 12.2. The summed E-state index contributed by atoms with van der Waals surface area (Å²) >= 11 is 1.61. The average molecular weight is 321 g/mol. The van der Waals surface area contributed by atoms with Crippen molar-refractivity contribution in [3.8, 4) is 0 Å². The largest absolute Gasteiger partial charge is 0.355 e. The summed E-state index contributed by atoms with van der Waals surface area (Å²) in [5.41, 5.74) is 0. The maximum absolute atomic E-state index is 12.2. The molecule has 1 saturated carbocycles. The molecule has 0 unspecified atom stereocenters. The third-order valence-corrected chi connectivity index (χ3v) is 5.90. The Morgan fingerprint density at radius 1 is 1.05 bits per heavy atom. The fourth-order valence-electron chi connectivity index (χ4n) is 3.29. The minimum Gasteiger partial charge on any atom is -0.355 e. The summed E-state index contributed by atoms with van der Waals surface area (Å²) in [6.45, 7) is 2.98. The van der Waals surface area contributed by atoms with Crippen molar-refractivity contribution in [2.45, 2.75) is 61.4 Å². The molecule has 0 radical (unpaired) electrons. The van der Waals surface area contributed by atoms with Gasteiger partial charge in [-0.25, -0.2) is 0 Å². The highest BCUT2D eigenvalue weighted by molar-refractivity contribution is 8.00. The Morgan fingerprint density at radius 2 is 1.86 bits per heavy atom. The summed E-state index contributed by atoms with van der Waals surface area (Å²) in [6, 6.07) is 0.543. The van der Waals surface area contributed by atoms with Crippen LogP contribution in [0.3, 0.4) is 0 Å². The van der Waals surface area contributed by atoms with Crippen LogP contribution in [0, 0.1) is 0 Å². The van der Waals surface area contributed by atoms with Crippen molar-refractivity contribution in [1.82, 2.24) is 20.1 Å². The second-order valence-electron chi connectivity index (χ2n) is 6.47. The predicted molar refractivity (Wildman–Crippen MR) is 86.2 cm³/mol. The van der Waals surface area contributed by atoms with Gasteiger partial charge in [-0.05, 0) is 38.5 Å². The molecule has 1 amide bonds. The molecule has 0 bridgehead atoms. The SMILES string of the molecule is O=C1NCCCC[C@@H]1Sc1nnc(N2CCCC2)n1C1CC1. The zero-order valence-electron chi connectivity index (χ0n) is 12.8. The molecular formula is C15H23N5OS. The van der Waals surface area contributed by atoms with Crippen LogP contribution in [0.25, 0.3) is 0 Å². The van der Waals surface area contributed by atoms with Crippen LogP contribution in [-0.2, 0) is 4.79 Å². The molecular weight excluding hydrogens is 298 g/mol. The van der Waals surface area contributed by atoms with Gasteiger partial charge in [0.1, 0.15) is 0 Å². The van der Waals surface area contributed by atoms with Gasteiger partial charge in [0.25, 0.3) is 0 Å². The van der Waals surface area contributed by atoms with E-state index in [4.69, 9.17) is 0 Å². The summed E-state index contributed by atoms with van der Waals surface area (Å²) in [6.07, 6.45) is 8.03. The molecule has 3 aliphatic rings. The Balaban J connectivity index is 1.57. The van der Waals surface area contributed by atoms with E-state index in [1.165, 1.54) is 25.7 Å². The Hall–Kier alpha value is -1.24. The molecule has 0 aromatic carbocycles. The summed E-state index contributed by atoms with van der Waals surface area (Å²) in [7, 11) is 0. The number of nitrogens with zero attached hydrogens (tertiary/aromatic N) is 4. The van der Waals surface area contributed by atoms with Crippen molar-refractivity contribution in [2.24, 2.45) is 0 Å².